The van der Waals surface area contributed by atoms with Gasteiger partial charge in [0.25, 0.3) is 0 Å². The van der Waals surface area contributed by atoms with Crippen molar-refractivity contribution in [3.63, 3.8) is 0 Å². The van der Waals surface area contributed by atoms with Crippen LogP contribution < -0.4 is 5.32 Å². The summed E-state index contributed by atoms with van der Waals surface area (Å²) in [5.74, 6) is 0. The summed E-state index contributed by atoms with van der Waals surface area (Å²) < 4.78 is 5.02. The van der Waals surface area contributed by atoms with Crippen LogP contribution in [0.2, 0.25) is 0 Å². The summed E-state index contributed by atoms with van der Waals surface area (Å²) in [5, 5.41) is 3.49. The van der Waals surface area contributed by atoms with Crippen LogP contribution in [0.1, 0.15) is 40.0 Å². The SMILES string of the molecule is CCCCN(CC)C(C)CNCCCOC. The maximum absolute atomic E-state index is 5.02. The van der Waals surface area contributed by atoms with Gasteiger partial charge in [-0.05, 0) is 39.4 Å². The summed E-state index contributed by atoms with van der Waals surface area (Å²) in [7, 11) is 1.76. The number of hydrogen-bond donors (Lipinski definition) is 1. The van der Waals surface area contributed by atoms with Crippen LogP contribution in [-0.2, 0) is 4.74 Å². The van der Waals surface area contributed by atoms with Crippen molar-refractivity contribution in [1.82, 2.24) is 10.2 Å². The van der Waals surface area contributed by atoms with E-state index in [1.807, 2.05) is 0 Å². The van der Waals surface area contributed by atoms with E-state index in [4.69, 9.17) is 4.74 Å². The molecule has 0 aromatic carbocycles. The minimum atomic E-state index is 0.638. The number of likely N-dealkylation sites (N-methyl/N-ethyl adjacent to an activating group) is 1. The first-order chi connectivity index (χ1) is 7.76. The molecule has 0 aromatic rings. The Morgan fingerprint density at radius 3 is 2.56 bits per heavy atom. The van der Waals surface area contributed by atoms with Gasteiger partial charge in [-0.2, -0.15) is 0 Å². The van der Waals surface area contributed by atoms with E-state index in [9.17, 15) is 0 Å². The van der Waals surface area contributed by atoms with E-state index in [0.29, 0.717) is 6.04 Å². The van der Waals surface area contributed by atoms with Crippen LogP contribution in [0.3, 0.4) is 0 Å². The van der Waals surface area contributed by atoms with E-state index >= 15 is 0 Å². The minimum absolute atomic E-state index is 0.638. The lowest BCUT2D eigenvalue weighted by molar-refractivity contribution is 0.188. The number of hydrogen-bond acceptors (Lipinski definition) is 3. The number of nitrogens with zero attached hydrogens (tertiary/aromatic N) is 1. The van der Waals surface area contributed by atoms with Crippen LogP contribution in [0.5, 0.6) is 0 Å². The van der Waals surface area contributed by atoms with E-state index in [1.54, 1.807) is 7.11 Å². The fraction of sp³-hybridized carbons (Fsp3) is 1.00. The lowest BCUT2D eigenvalue weighted by Gasteiger charge is -2.28. The predicted octanol–water partition coefficient (Wildman–Crippen LogP) is 2.12. The average molecular weight is 230 g/mol. The van der Waals surface area contributed by atoms with Crippen molar-refractivity contribution in [3.05, 3.63) is 0 Å². The number of rotatable bonds is 11. The molecule has 0 aromatic heterocycles. The molecule has 3 heteroatoms. The molecule has 0 radical (unpaired) electrons. The average Bonchev–Trinajstić information content (AvgIpc) is 2.30. The first-order valence-electron chi connectivity index (χ1n) is 6.69. The Bertz CT molecular complexity index is 142. The molecule has 16 heavy (non-hydrogen) atoms. The van der Waals surface area contributed by atoms with Gasteiger partial charge < -0.3 is 10.1 Å². The summed E-state index contributed by atoms with van der Waals surface area (Å²) in [4.78, 5) is 2.55. The molecule has 0 aliphatic carbocycles. The molecule has 0 heterocycles. The van der Waals surface area contributed by atoms with Gasteiger partial charge in [-0.1, -0.05) is 20.3 Å². The van der Waals surface area contributed by atoms with Crippen LogP contribution in [0.15, 0.2) is 0 Å². The molecule has 0 aliphatic heterocycles. The normalized spacial score (nSPS) is 13.3. The number of unbranched alkanes of at least 4 members (excludes halogenated alkanes) is 1. The highest BCUT2D eigenvalue weighted by molar-refractivity contribution is 4.68. The van der Waals surface area contributed by atoms with E-state index in [-0.39, 0.29) is 0 Å². The monoisotopic (exact) mass is 230 g/mol. The zero-order chi connectivity index (χ0) is 12.2. The van der Waals surface area contributed by atoms with Crippen molar-refractivity contribution >= 4 is 0 Å². The van der Waals surface area contributed by atoms with Gasteiger partial charge >= 0.3 is 0 Å². The zero-order valence-corrected chi connectivity index (χ0v) is 11.6. The van der Waals surface area contributed by atoms with Gasteiger partial charge in [0, 0.05) is 26.3 Å². The summed E-state index contributed by atoms with van der Waals surface area (Å²) in [5.41, 5.74) is 0. The Labute approximate surface area is 102 Å². The van der Waals surface area contributed by atoms with E-state index < -0.39 is 0 Å². The molecule has 1 atom stereocenters. The molecule has 0 fully saturated rings. The van der Waals surface area contributed by atoms with Gasteiger partial charge in [-0.3, -0.25) is 4.90 Å². The van der Waals surface area contributed by atoms with Gasteiger partial charge in [-0.25, -0.2) is 0 Å². The molecule has 0 aliphatic rings. The predicted molar refractivity (Wildman–Crippen MR) is 71.0 cm³/mol. The summed E-state index contributed by atoms with van der Waals surface area (Å²) in [6, 6.07) is 0.638. The zero-order valence-electron chi connectivity index (χ0n) is 11.6. The fourth-order valence-corrected chi connectivity index (χ4v) is 1.83. The van der Waals surface area contributed by atoms with Crippen molar-refractivity contribution in [3.8, 4) is 0 Å². The lowest BCUT2D eigenvalue weighted by atomic mass is 10.2. The summed E-state index contributed by atoms with van der Waals surface area (Å²) in [6.45, 7) is 12.2. The molecular weight excluding hydrogens is 200 g/mol. The van der Waals surface area contributed by atoms with Crippen molar-refractivity contribution in [1.29, 1.82) is 0 Å². The standard InChI is InChI=1S/C13H30N2O/c1-5-7-10-15(6-2)13(3)12-14-9-8-11-16-4/h13-14H,5-12H2,1-4H3. The van der Waals surface area contributed by atoms with Gasteiger partial charge in [0.05, 0.1) is 0 Å². The molecule has 0 bridgehead atoms. The van der Waals surface area contributed by atoms with Gasteiger partial charge in [0.1, 0.15) is 0 Å². The first kappa shape index (κ1) is 15.9. The van der Waals surface area contributed by atoms with Crippen LogP contribution in [0.4, 0.5) is 0 Å². The fourth-order valence-electron chi connectivity index (χ4n) is 1.83. The summed E-state index contributed by atoms with van der Waals surface area (Å²) in [6.07, 6.45) is 3.69. The van der Waals surface area contributed by atoms with Crippen LogP contribution >= 0.6 is 0 Å². The second-order valence-electron chi connectivity index (χ2n) is 4.38. The largest absolute Gasteiger partial charge is 0.385 e. The highest BCUT2D eigenvalue weighted by Gasteiger charge is 2.10. The van der Waals surface area contributed by atoms with Crippen LogP contribution in [0, 0.1) is 0 Å². The van der Waals surface area contributed by atoms with Crippen molar-refractivity contribution in [2.24, 2.45) is 0 Å². The Kier molecular flexibility index (Phi) is 11.3. The molecule has 1 unspecified atom stereocenters. The molecule has 0 saturated carbocycles. The summed E-state index contributed by atoms with van der Waals surface area (Å²) >= 11 is 0. The molecule has 0 amide bonds. The third-order valence-corrected chi connectivity index (χ3v) is 2.97. The number of nitrogens with one attached hydrogen (secondary N) is 1. The Morgan fingerprint density at radius 1 is 1.25 bits per heavy atom. The van der Waals surface area contributed by atoms with E-state index in [2.05, 4.69) is 31.0 Å². The second-order valence-corrected chi connectivity index (χ2v) is 4.38. The highest BCUT2D eigenvalue weighted by atomic mass is 16.5. The smallest absolute Gasteiger partial charge is 0.0474 e. The highest BCUT2D eigenvalue weighted by Crippen LogP contribution is 2.00. The second kappa shape index (κ2) is 11.4. The van der Waals surface area contributed by atoms with Crippen molar-refractivity contribution < 1.29 is 4.74 Å². The third-order valence-electron chi connectivity index (χ3n) is 2.97. The molecule has 3 nitrogen and oxygen atoms in total. The van der Waals surface area contributed by atoms with Crippen molar-refractivity contribution in [2.75, 3.05) is 39.9 Å². The third kappa shape index (κ3) is 8.08. The molecular formula is C13H30N2O. The topological polar surface area (TPSA) is 24.5 Å². The molecule has 0 saturated heterocycles. The first-order valence-corrected chi connectivity index (χ1v) is 6.69. The Balaban J connectivity index is 3.54. The van der Waals surface area contributed by atoms with E-state index in [0.717, 1.165) is 32.7 Å². The maximum Gasteiger partial charge on any atom is 0.0474 e. The quantitative estimate of drug-likeness (QED) is 0.550. The van der Waals surface area contributed by atoms with Gasteiger partial charge in [-0.15, -0.1) is 0 Å². The lowest BCUT2D eigenvalue weighted by Crippen LogP contribution is -2.41. The van der Waals surface area contributed by atoms with E-state index in [1.165, 1.54) is 19.4 Å². The van der Waals surface area contributed by atoms with Crippen LogP contribution in [-0.4, -0.2) is 50.8 Å². The van der Waals surface area contributed by atoms with Crippen molar-refractivity contribution in [2.45, 2.75) is 46.1 Å². The Hall–Kier alpha value is -0.120. The maximum atomic E-state index is 5.02. The van der Waals surface area contributed by atoms with Gasteiger partial charge in [0.2, 0.25) is 0 Å². The number of ether oxygens (including phenoxy) is 1. The molecule has 1 N–H and O–H groups in total. The number of methoxy groups -OCH3 is 1. The van der Waals surface area contributed by atoms with Gasteiger partial charge in [0.15, 0.2) is 0 Å². The molecule has 0 rings (SSSR count). The minimum Gasteiger partial charge on any atom is -0.385 e. The Morgan fingerprint density at radius 2 is 2.00 bits per heavy atom. The van der Waals surface area contributed by atoms with Crippen LogP contribution in [0.25, 0.3) is 0 Å². The molecule has 98 valence electrons. The molecule has 0 spiro atoms.